The molecule has 2 heteroatoms. The Labute approximate surface area is 55.0 Å². The number of carbonyl (C=O) groups excluding carboxylic acids is 1. The standard InChI is InChI=1S/C7H11NO/c1-4-5(2)7(9)8-6(4)3/h4-5H,1-3H3/t4-,5-/m1/s1. The van der Waals surface area contributed by atoms with Gasteiger partial charge in [-0.3, -0.25) is 4.79 Å². The van der Waals surface area contributed by atoms with E-state index in [2.05, 4.69) is 4.99 Å². The Morgan fingerprint density at radius 2 is 1.89 bits per heavy atom. The third-order valence-electron chi connectivity index (χ3n) is 2.09. The summed E-state index contributed by atoms with van der Waals surface area (Å²) in [5.41, 5.74) is 0.979. The fraction of sp³-hybridized carbons (Fsp3) is 0.714. The molecule has 0 aromatic rings. The maximum absolute atomic E-state index is 10.8. The highest BCUT2D eigenvalue weighted by Gasteiger charge is 2.27. The SMILES string of the molecule is CC1=NC(=O)[C@H](C)[C@H]1C. The van der Waals surface area contributed by atoms with Crippen LogP contribution in [0, 0.1) is 11.8 Å². The van der Waals surface area contributed by atoms with Crippen LogP contribution in [0.25, 0.3) is 0 Å². The lowest BCUT2D eigenvalue weighted by Gasteiger charge is -2.05. The molecule has 1 heterocycles. The number of aliphatic imine (C=N–C) groups is 1. The zero-order chi connectivity index (χ0) is 7.02. The van der Waals surface area contributed by atoms with E-state index in [9.17, 15) is 4.79 Å². The summed E-state index contributed by atoms with van der Waals surface area (Å²) >= 11 is 0. The minimum atomic E-state index is 0.0417. The van der Waals surface area contributed by atoms with Crippen molar-refractivity contribution in [1.82, 2.24) is 0 Å². The van der Waals surface area contributed by atoms with Gasteiger partial charge in [0.05, 0.1) is 0 Å². The molecule has 0 aliphatic carbocycles. The first kappa shape index (κ1) is 6.46. The third-order valence-corrected chi connectivity index (χ3v) is 2.09. The second-order valence-electron chi connectivity index (χ2n) is 2.67. The highest BCUT2D eigenvalue weighted by Crippen LogP contribution is 2.20. The van der Waals surface area contributed by atoms with E-state index in [4.69, 9.17) is 0 Å². The average molecular weight is 125 g/mol. The predicted octanol–water partition coefficient (Wildman–Crippen LogP) is 1.26. The molecule has 0 bridgehead atoms. The molecule has 0 fully saturated rings. The van der Waals surface area contributed by atoms with Crippen LogP contribution in [-0.2, 0) is 4.79 Å². The molecule has 0 saturated carbocycles. The van der Waals surface area contributed by atoms with Gasteiger partial charge in [0, 0.05) is 17.5 Å². The largest absolute Gasteiger partial charge is 0.272 e. The predicted molar refractivity (Wildman–Crippen MR) is 36.4 cm³/mol. The van der Waals surface area contributed by atoms with Crippen LogP contribution in [0.5, 0.6) is 0 Å². The topological polar surface area (TPSA) is 29.4 Å². The molecule has 0 aromatic carbocycles. The van der Waals surface area contributed by atoms with Crippen LogP contribution < -0.4 is 0 Å². The number of carbonyl (C=O) groups is 1. The molecule has 2 atom stereocenters. The van der Waals surface area contributed by atoms with E-state index < -0.39 is 0 Å². The van der Waals surface area contributed by atoms with Crippen LogP contribution in [0.3, 0.4) is 0 Å². The van der Waals surface area contributed by atoms with Gasteiger partial charge >= 0.3 is 0 Å². The summed E-state index contributed by atoms with van der Waals surface area (Å²) in [5.74, 6) is 0.516. The van der Waals surface area contributed by atoms with Crippen molar-refractivity contribution in [2.24, 2.45) is 16.8 Å². The second kappa shape index (κ2) is 1.94. The summed E-state index contributed by atoms with van der Waals surface area (Å²) < 4.78 is 0. The van der Waals surface area contributed by atoms with E-state index >= 15 is 0 Å². The second-order valence-corrected chi connectivity index (χ2v) is 2.67. The summed E-state index contributed by atoms with van der Waals surface area (Å²) in [7, 11) is 0. The molecule has 50 valence electrons. The lowest BCUT2D eigenvalue weighted by Crippen LogP contribution is -2.12. The lowest BCUT2D eigenvalue weighted by molar-refractivity contribution is -0.120. The number of amides is 1. The Balaban J connectivity index is 2.82. The van der Waals surface area contributed by atoms with Gasteiger partial charge in [0.15, 0.2) is 0 Å². The van der Waals surface area contributed by atoms with E-state index in [1.165, 1.54) is 0 Å². The summed E-state index contributed by atoms with van der Waals surface area (Å²) in [6, 6.07) is 0. The van der Waals surface area contributed by atoms with E-state index in [1.807, 2.05) is 20.8 Å². The van der Waals surface area contributed by atoms with Crippen molar-refractivity contribution in [1.29, 1.82) is 0 Å². The quantitative estimate of drug-likeness (QED) is 0.479. The van der Waals surface area contributed by atoms with Crippen molar-refractivity contribution < 1.29 is 4.79 Å². The molecule has 1 rings (SSSR count). The van der Waals surface area contributed by atoms with Crippen molar-refractivity contribution in [2.75, 3.05) is 0 Å². The van der Waals surface area contributed by atoms with Crippen molar-refractivity contribution >= 4 is 11.6 Å². The van der Waals surface area contributed by atoms with Gasteiger partial charge in [-0.15, -0.1) is 0 Å². The molecular weight excluding hydrogens is 114 g/mol. The maximum atomic E-state index is 10.8. The zero-order valence-electron chi connectivity index (χ0n) is 6.01. The number of hydrogen-bond acceptors (Lipinski definition) is 1. The molecule has 9 heavy (non-hydrogen) atoms. The summed E-state index contributed by atoms with van der Waals surface area (Å²) in [4.78, 5) is 14.6. The van der Waals surface area contributed by atoms with E-state index in [0.717, 1.165) is 5.71 Å². The van der Waals surface area contributed by atoms with Gasteiger partial charge < -0.3 is 0 Å². The minimum Gasteiger partial charge on any atom is -0.272 e. The molecule has 1 aliphatic heterocycles. The molecule has 0 unspecified atom stereocenters. The van der Waals surface area contributed by atoms with Gasteiger partial charge in [-0.1, -0.05) is 13.8 Å². The van der Waals surface area contributed by atoms with E-state index in [1.54, 1.807) is 0 Å². The molecule has 0 aromatic heterocycles. The molecule has 0 spiro atoms. The van der Waals surface area contributed by atoms with Crippen LogP contribution in [0.4, 0.5) is 0 Å². The smallest absolute Gasteiger partial charge is 0.249 e. The first-order chi connectivity index (χ1) is 4.13. The third kappa shape index (κ3) is 0.889. The first-order valence-electron chi connectivity index (χ1n) is 3.22. The minimum absolute atomic E-state index is 0.0417. The van der Waals surface area contributed by atoms with Crippen molar-refractivity contribution in [3.8, 4) is 0 Å². The molecule has 1 amide bonds. The van der Waals surface area contributed by atoms with Crippen LogP contribution >= 0.6 is 0 Å². The van der Waals surface area contributed by atoms with Crippen molar-refractivity contribution in [3.63, 3.8) is 0 Å². The fourth-order valence-electron chi connectivity index (χ4n) is 0.953. The number of nitrogens with zero attached hydrogens (tertiary/aromatic N) is 1. The van der Waals surface area contributed by atoms with Crippen LogP contribution in [0.1, 0.15) is 20.8 Å². The van der Waals surface area contributed by atoms with Gasteiger partial charge in [-0.05, 0) is 6.92 Å². The Hall–Kier alpha value is -0.660. The summed E-state index contributed by atoms with van der Waals surface area (Å²) in [5, 5.41) is 0. The molecule has 0 radical (unpaired) electrons. The highest BCUT2D eigenvalue weighted by molar-refractivity contribution is 6.03. The van der Waals surface area contributed by atoms with Gasteiger partial charge in [0.2, 0.25) is 5.91 Å². The maximum Gasteiger partial charge on any atom is 0.249 e. The summed E-state index contributed by atoms with van der Waals surface area (Å²) in [6.45, 7) is 5.87. The summed E-state index contributed by atoms with van der Waals surface area (Å²) in [6.07, 6.45) is 0. The van der Waals surface area contributed by atoms with Gasteiger partial charge in [0.25, 0.3) is 0 Å². The van der Waals surface area contributed by atoms with Crippen LogP contribution in [0.15, 0.2) is 4.99 Å². The first-order valence-corrected chi connectivity index (χ1v) is 3.22. The Morgan fingerprint density at radius 3 is 2.00 bits per heavy atom. The normalized spacial score (nSPS) is 35.0. The van der Waals surface area contributed by atoms with Crippen LogP contribution in [0.2, 0.25) is 0 Å². The number of rotatable bonds is 0. The molecule has 1 aliphatic rings. The Morgan fingerprint density at radius 1 is 1.33 bits per heavy atom. The van der Waals surface area contributed by atoms with Gasteiger partial charge in [0.1, 0.15) is 0 Å². The fourth-order valence-corrected chi connectivity index (χ4v) is 0.953. The van der Waals surface area contributed by atoms with Crippen molar-refractivity contribution in [2.45, 2.75) is 20.8 Å². The average Bonchev–Trinajstić information content (AvgIpc) is 1.98. The Kier molecular flexibility index (Phi) is 1.39. The van der Waals surface area contributed by atoms with Gasteiger partial charge in [-0.2, -0.15) is 0 Å². The number of hydrogen-bond donors (Lipinski definition) is 0. The lowest BCUT2D eigenvalue weighted by atomic mass is 9.95. The Bertz CT molecular complexity index is 172. The highest BCUT2D eigenvalue weighted by atomic mass is 16.1. The molecule has 0 saturated heterocycles. The molecule has 0 N–H and O–H groups in total. The van der Waals surface area contributed by atoms with E-state index in [-0.39, 0.29) is 11.8 Å². The molecule has 2 nitrogen and oxygen atoms in total. The van der Waals surface area contributed by atoms with E-state index in [0.29, 0.717) is 5.92 Å². The molecular formula is C7H11NO. The van der Waals surface area contributed by atoms with Gasteiger partial charge in [-0.25, -0.2) is 4.99 Å². The zero-order valence-corrected chi connectivity index (χ0v) is 6.01. The van der Waals surface area contributed by atoms with Crippen LogP contribution in [-0.4, -0.2) is 11.6 Å². The van der Waals surface area contributed by atoms with Crippen molar-refractivity contribution in [3.05, 3.63) is 0 Å². The monoisotopic (exact) mass is 125 g/mol.